The van der Waals surface area contributed by atoms with Gasteiger partial charge in [-0.25, -0.2) is 9.59 Å². The number of esters is 1. The molecule has 0 atom stereocenters. The maximum Gasteiger partial charge on any atom is 0.407 e. The molecule has 3 rings (SSSR count). The number of methoxy groups -OCH3 is 1. The Kier molecular flexibility index (Phi) is 7.28. The fourth-order valence-corrected chi connectivity index (χ4v) is 3.89. The Morgan fingerprint density at radius 2 is 1.94 bits per heavy atom. The predicted octanol–water partition coefficient (Wildman–Crippen LogP) is 5.05. The van der Waals surface area contributed by atoms with Gasteiger partial charge in [0.15, 0.2) is 5.69 Å². The van der Waals surface area contributed by atoms with Gasteiger partial charge in [0.25, 0.3) is 0 Å². The molecule has 0 saturated carbocycles. The minimum atomic E-state index is -0.557. The quantitative estimate of drug-likeness (QED) is 0.356. The monoisotopic (exact) mass is 505 g/mol. The first-order chi connectivity index (χ1) is 15.1. The van der Waals surface area contributed by atoms with Gasteiger partial charge in [-0.05, 0) is 73.6 Å². The average Bonchev–Trinajstić information content (AvgIpc) is 3.08. The molecule has 1 amide bonds. The van der Waals surface area contributed by atoms with Gasteiger partial charge in [-0.1, -0.05) is 6.07 Å². The molecule has 1 heterocycles. The SMILES string of the molecule is CCOC(=O)c1c2ccc3cc(OC)c(Br)cc3c2nn1CCCNC(=O)OC(C)(C)C. The van der Waals surface area contributed by atoms with Crippen LogP contribution < -0.4 is 10.1 Å². The fraction of sp³-hybridized carbons (Fsp3) is 0.435. The van der Waals surface area contributed by atoms with E-state index in [-0.39, 0.29) is 6.61 Å². The number of hydrogen-bond acceptors (Lipinski definition) is 6. The van der Waals surface area contributed by atoms with Crippen molar-refractivity contribution >= 4 is 49.7 Å². The molecule has 3 aromatic rings. The zero-order chi connectivity index (χ0) is 23.5. The highest BCUT2D eigenvalue weighted by atomic mass is 79.9. The number of alkyl carbamates (subject to hydrolysis) is 1. The maximum absolute atomic E-state index is 12.7. The zero-order valence-electron chi connectivity index (χ0n) is 19.0. The molecule has 8 nitrogen and oxygen atoms in total. The highest BCUT2D eigenvalue weighted by molar-refractivity contribution is 9.10. The van der Waals surface area contributed by atoms with Crippen molar-refractivity contribution in [2.24, 2.45) is 0 Å². The van der Waals surface area contributed by atoms with Gasteiger partial charge in [0.1, 0.15) is 16.9 Å². The summed E-state index contributed by atoms with van der Waals surface area (Å²) in [4.78, 5) is 24.6. The van der Waals surface area contributed by atoms with Crippen LogP contribution in [0.3, 0.4) is 0 Å². The van der Waals surface area contributed by atoms with Gasteiger partial charge in [-0.15, -0.1) is 0 Å². The molecule has 0 radical (unpaired) electrons. The predicted molar refractivity (Wildman–Crippen MR) is 126 cm³/mol. The molecular formula is C23H28BrN3O5. The molecule has 0 spiro atoms. The fourth-order valence-electron chi connectivity index (χ4n) is 3.38. The number of nitrogens with one attached hydrogen (secondary N) is 1. The molecule has 0 aliphatic heterocycles. The third-order valence-corrected chi connectivity index (χ3v) is 5.30. The summed E-state index contributed by atoms with van der Waals surface area (Å²) in [5.74, 6) is 0.289. The van der Waals surface area contributed by atoms with Gasteiger partial charge in [0.2, 0.25) is 0 Å². The van der Waals surface area contributed by atoms with Gasteiger partial charge in [-0.3, -0.25) is 4.68 Å². The lowest BCUT2D eigenvalue weighted by Crippen LogP contribution is -2.33. The summed E-state index contributed by atoms with van der Waals surface area (Å²) in [5.41, 5.74) is 0.542. The summed E-state index contributed by atoms with van der Waals surface area (Å²) in [6.07, 6.45) is 0.0910. The standard InChI is InChI=1S/C23H28BrN3O5/c1-6-31-21(28)20-15-9-8-14-12-18(30-5)17(24)13-16(14)19(15)26-27(20)11-7-10-25-22(29)32-23(2,3)4/h8-9,12-13H,6-7,10-11H2,1-5H3,(H,25,29). The van der Waals surface area contributed by atoms with Crippen LogP contribution in [0.1, 0.15) is 44.6 Å². The average molecular weight is 506 g/mol. The Morgan fingerprint density at radius 1 is 1.19 bits per heavy atom. The summed E-state index contributed by atoms with van der Waals surface area (Å²) >= 11 is 3.52. The Labute approximate surface area is 195 Å². The van der Waals surface area contributed by atoms with E-state index in [9.17, 15) is 9.59 Å². The van der Waals surface area contributed by atoms with E-state index < -0.39 is 17.7 Å². The number of aryl methyl sites for hydroxylation is 1. The van der Waals surface area contributed by atoms with Gasteiger partial charge in [-0.2, -0.15) is 5.10 Å². The molecule has 1 aromatic heterocycles. The largest absolute Gasteiger partial charge is 0.496 e. The number of halogens is 1. The highest BCUT2D eigenvalue weighted by Gasteiger charge is 2.22. The first-order valence-corrected chi connectivity index (χ1v) is 11.2. The normalized spacial score (nSPS) is 11.6. The number of carbonyl (C=O) groups excluding carboxylic acids is 2. The van der Waals surface area contributed by atoms with Crippen molar-refractivity contribution in [1.82, 2.24) is 15.1 Å². The van der Waals surface area contributed by atoms with E-state index in [4.69, 9.17) is 19.3 Å². The highest BCUT2D eigenvalue weighted by Crippen LogP contribution is 2.35. The summed E-state index contributed by atoms with van der Waals surface area (Å²) in [6.45, 7) is 8.28. The van der Waals surface area contributed by atoms with Crippen molar-refractivity contribution in [2.75, 3.05) is 20.3 Å². The van der Waals surface area contributed by atoms with Crippen LogP contribution in [0.2, 0.25) is 0 Å². The van der Waals surface area contributed by atoms with E-state index in [0.717, 1.165) is 21.0 Å². The second kappa shape index (κ2) is 9.77. The topological polar surface area (TPSA) is 91.7 Å². The number of fused-ring (bicyclic) bond motifs is 3. The number of aromatic nitrogens is 2. The lowest BCUT2D eigenvalue weighted by atomic mass is 10.1. The summed E-state index contributed by atoms with van der Waals surface area (Å²) in [6, 6.07) is 7.67. The minimum absolute atomic E-state index is 0.266. The third-order valence-electron chi connectivity index (χ3n) is 4.68. The Bertz CT molecular complexity index is 1150. The number of amides is 1. The number of nitrogens with zero attached hydrogens (tertiary/aromatic N) is 2. The molecule has 9 heteroatoms. The molecule has 0 bridgehead atoms. The molecule has 0 unspecified atom stereocenters. The van der Waals surface area contributed by atoms with Crippen LogP contribution in [0.5, 0.6) is 5.75 Å². The zero-order valence-corrected chi connectivity index (χ0v) is 20.5. The maximum atomic E-state index is 12.7. The molecule has 0 aliphatic carbocycles. The number of ether oxygens (including phenoxy) is 3. The van der Waals surface area contributed by atoms with Crippen molar-refractivity contribution in [2.45, 2.75) is 46.3 Å². The third kappa shape index (κ3) is 5.32. The van der Waals surface area contributed by atoms with E-state index in [1.807, 2.05) is 45.0 Å². The van der Waals surface area contributed by atoms with Crippen LogP contribution in [0.15, 0.2) is 28.7 Å². The van der Waals surface area contributed by atoms with Crippen LogP contribution in [0, 0.1) is 0 Å². The van der Waals surface area contributed by atoms with Crippen molar-refractivity contribution in [3.8, 4) is 5.75 Å². The lowest BCUT2D eigenvalue weighted by molar-refractivity contribution is 0.0503. The van der Waals surface area contributed by atoms with Crippen molar-refractivity contribution in [3.05, 3.63) is 34.4 Å². The molecule has 1 N–H and O–H groups in total. The number of carbonyl (C=O) groups is 2. The van der Waals surface area contributed by atoms with Crippen molar-refractivity contribution < 1.29 is 23.8 Å². The molecule has 32 heavy (non-hydrogen) atoms. The second-order valence-electron chi connectivity index (χ2n) is 8.24. The van der Waals surface area contributed by atoms with Gasteiger partial charge < -0.3 is 19.5 Å². The Hall–Kier alpha value is -2.81. The summed E-state index contributed by atoms with van der Waals surface area (Å²) in [5, 5.41) is 10.0. The Balaban J connectivity index is 1.91. The molecule has 0 saturated heterocycles. The summed E-state index contributed by atoms with van der Waals surface area (Å²) < 4.78 is 18.4. The first-order valence-electron chi connectivity index (χ1n) is 10.5. The molecular weight excluding hydrogens is 478 g/mol. The van der Waals surface area contributed by atoms with Crippen molar-refractivity contribution in [1.29, 1.82) is 0 Å². The van der Waals surface area contributed by atoms with E-state index >= 15 is 0 Å². The van der Waals surface area contributed by atoms with E-state index in [1.54, 1.807) is 18.7 Å². The minimum Gasteiger partial charge on any atom is -0.496 e. The molecule has 0 aliphatic rings. The lowest BCUT2D eigenvalue weighted by Gasteiger charge is -2.19. The van der Waals surface area contributed by atoms with Gasteiger partial charge >= 0.3 is 12.1 Å². The smallest absolute Gasteiger partial charge is 0.407 e. The molecule has 2 aromatic carbocycles. The van der Waals surface area contributed by atoms with Crippen molar-refractivity contribution in [3.63, 3.8) is 0 Å². The summed E-state index contributed by atoms with van der Waals surface area (Å²) in [7, 11) is 1.61. The van der Waals surface area contributed by atoms with Gasteiger partial charge in [0.05, 0.1) is 18.2 Å². The van der Waals surface area contributed by atoms with E-state index in [0.29, 0.717) is 36.1 Å². The first kappa shape index (κ1) is 23.8. The number of benzene rings is 2. The van der Waals surface area contributed by atoms with Crippen LogP contribution in [0.4, 0.5) is 4.79 Å². The van der Waals surface area contributed by atoms with Crippen LogP contribution >= 0.6 is 15.9 Å². The van der Waals surface area contributed by atoms with Crippen LogP contribution in [0.25, 0.3) is 21.7 Å². The van der Waals surface area contributed by atoms with Crippen LogP contribution in [-0.2, 0) is 16.0 Å². The second-order valence-corrected chi connectivity index (χ2v) is 9.10. The van der Waals surface area contributed by atoms with Gasteiger partial charge in [0, 0.05) is 23.9 Å². The van der Waals surface area contributed by atoms with E-state index in [1.165, 1.54) is 0 Å². The number of hydrogen-bond donors (Lipinski definition) is 1. The molecule has 172 valence electrons. The number of rotatable bonds is 7. The van der Waals surface area contributed by atoms with E-state index in [2.05, 4.69) is 21.2 Å². The molecule has 0 fully saturated rings. The Morgan fingerprint density at radius 3 is 2.59 bits per heavy atom. The van der Waals surface area contributed by atoms with Crippen LogP contribution in [-0.4, -0.2) is 47.7 Å².